The average Bonchev–Trinajstić information content (AvgIpc) is 2.48. The lowest BCUT2D eigenvalue weighted by Gasteiger charge is -2.21. The second-order valence-corrected chi connectivity index (χ2v) is 6.32. The van der Waals surface area contributed by atoms with Crippen molar-refractivity contribution in [3.05, 3.63) is 23.8 Å². The Morgan fingerprint density at radius 3 is 2.48 bits per heavy atom. The molecule has 0 saturated heterocycles. The standard InChI is InChI=1S/C17H28N2O4/c1-12(10-19-16(20)23-17(2,3)4)18-11-13-8-7-9-14(21-5)15(13)22-6/h7-9,12,18H,10-11H2,1-6H3,(H,19,20). The normalized spacial score (nSPS) is 12.4. The highest BCUT2D eigenvalue weighted by Crippen LogP contribution is 2.30. The average molecular weight is 324 g/mol. The molecule has 1 aromatic rings. The number of methoxy groups -OCH3 is 2. The Balaban J connectivity index is 2.48. The Morgan fingerprint density at radius 2 is 1.91 bits per heavy atom. The van der Waals surface area contributed by atoms with Gasteiger partial charge in [-0.15, -0.1) is 0 Å². The van der Waals surface area contributed by atoms with Crippen molar-refractivity contribution in [1.29, 1.82) is 0 Å². The van der Waals surface area contributed by atoms with Gasteiger partial charge in [0.1, 0.15) is 5.60 Å². The van der Waals surface area contributed by atoms with Crippen LogP contribution in [0.3, 0.4) is 0 Å². The van der Waals surface area contributed by atoms with E-state index in [1.54, 1.807) is 14.2 Å². The van der Waals surface area contributed by atoms with Gasteiger partial charge in [-0.2, -0.15) is 0 Å². The Kier molecular flexibility index (Phi) is 7.16. The van der Waals surface area contributed by atoms with Crippen LogP contribution in [0.2, 0.25) is 0 Å². The number of carbonyl (C=O) groups is 1. The zero-order chi connectivity index (χ0) is 17.5. The molecular formula is C17H28N2O4. The molecule has 1 amide bonds. The van der Waals surface area contributed by atoms with Gasteiger partial charge in [0.15, 0.2) is 11.5 Å². The largest absolute Gasteiger partial charge is 0.493 e. The Hall–Kier alpha value is -1.95. The quantitative estimate of drug-likeness (QED) is 0.807. The first-order chi connectivity index (χ1) is 10.8. The van der Waals surface area contributed by atoms with Crippen LogP contribution in [0.4, 0.5) is 4.79 Å². The third kappa shape index (κ3) is 6.78. The monoisotopic (exact) mass is 324 g/mol. The van der Waals surface area contributed by atoms with E-state index in [0.717, 1.165) is 11.3 Å². The maximum absolute atomic E-state index is 11.6. The molecule has 6 nitrogen and oxygen atoms in total. The lowest BCUT2D eigenvalue weighted by Crippen LogP contribution is -2.41. The summed E-state index contributed by atoms with van der Waals surface area (Å²) in [6.45, 7) is 8.58. The van der Waals surface area contributed by atoms with Crippen LogP contribution in [-0.4, -0.2) is 38.5 Å². The minimum atomic E-state index is -0.491. The number of amides is 1. The smallest absolute Gasteiger partial charge is 0.407 e. The fourth-order valence-corrected chi connectivity index (χ4v) is 2.00. The number of hydrogen-bond acceptors (Lipinski definition) is 5. The molecule has 1 unspecified atom stereocenters. The topological polar surface area (TPSA) is 68.8 Å². The highest BCUT2D eigenvalue weighted by molar-refractivity contribution is 5.67. The van der Waals surface area contributed by atoms with E-state index in [4.69, 9.17) is 14.2 Å². The maximum Gasteiger partial charge on any atom is 0.407 e. The summed E-state index contributed by atoms with van der Waals surface area (Å²) >= 11 is 0. The lowest BCUT2D eigenvalue weighted by atomic mass is 10.1. The first kappa shape index (κ1) is 19.1. The zero-order valence-corrected chi connectivity index (χ0v) is 14.9. The summed E-state index contributed by atoms with van der Waals surface area (Å²) in [6, 6.07) is 5.83. The van der Waals surface area contributed by atoms with Gasteiger partial charge in [-0.1, -0.05) is 12.1 Å². The van der Waals surface area contributed by atoms with Gasteiger partial charge in [0.2, 0.25) is 0 Å². The first-order valence-electron chi connectivity index (χ1n) is 7.67. The van der Waals surface area contributed by atoms with Crippen LogP contribution in [0.15, 0.2) is 18.2 Å². The van der Waals surface area contributed by atoms with Crippen LogP contribution in [0.25, 0.3) is 0 Å². The summed E-state index contributed by atoms with van der Waals surface area (Å²) in [7, 11) is 3.23. The molecule has 0 aromatic heterocycles. The third-order valence-electron chi connectivity index (χ3n) is 3.08. The molecule has 0 aliphatic heterocycles. The van der Waals surface area contributed by atoms with Crippen LogP contribution < -0.4 is 20.1 Å². The van der Waals surface area contributed by atoms with Crippen LogP contribution in [-0.2, 0) is 11.3 Å². The second-order valence-electron chi connectivity index (χ2n) is 6.32. The van der Waals surface area contributed by atoms with Crippen molar-refractivity contribution >= 4 is 6.09 Å². The summed E-state index contributed by atoms with van der Waals surface area (Å²) < 4.78 is 15.9. The summed E-state index contributed by atoms with van der Waals surface area (Å²) in [6.07, 6.45) is -0.412. The second kappa shape index (κ2) is 8.62. The van der Waals surface area contributed by atoms with Gasteiger partial charge >= 0.3 is 6.09 Å². The molecule has 1 rings (SSSR count). The summed E-state index contributed by atoms with van der Waals surface area (Å²) in [5.74, 6) is 1.42. The Labute approximate surface area is 138 Å². The van der Waals surface area contributed by atoms with Crippen molar-refractivity contribution in [1.82, 2.24) is 10.6 Å². The number of benzene rings is 1. The van der Waals surface area contributed by atoms with Crippen molar-refractivity contribution in [2.45, 2.75) is 45.9 Å². The minimum Gasteiger partial charge on any atom is -0.493 e. The summed E-state index contributed by atoms with van der Waals surface area (Å²) in [4.78, 5) is 11.6. The Bertz CT molecular complexity index is 512. The number of rotatable bonds is 7. The zero-order valence-electron chi connectivity index (χ0n) is 14.9. The van der Waals surface area contributed by atoms with Gasteiger partial charge < -0.3 is 24.8 Å². The van der Waals surface area contributed by atoms with Gasteiger partial charge in [0, 0.05) is 24.7 Å². The number of carbonyl (C=O) groups excluding carboxylic acids is 1. The molecule has 6 heteroatoms. The summed E-state index contributed by atoms with van der Waals surface area (Å²) in [5, 5.41) is 6.08. The molecule has 2 N–H and O–H groups in total. The third-order valence-corrected chi connectivity index (χ3v) is 3.08. The number of alkyl carbamates (subject to hydrolysis) is 1. The molecule has 1 atom stereocenters. The molecule has 0 radical (unpaired) electrons. The molecule has 0 fully saturated rings. The molecule has 130 valence electrons. The molecule has 0 bridgehead atoms. The van der Waals surface area contributed by atoms with E-state index >= 15 is 0 Å². The fourth-order valence-electron chi connectivity index (χ4n) is 2.00. The molecule has 0 heterocycles. The molecule has 1 aromatic carbocycles. The van der Waals surface area contributed by atoms with Gasteiger partial charge in [0.05, 0.1) is 14.2 Å². The molecule has 0 aliphatic carbocycles. The molecular weight excluding hydrogens is 296 g/mol. The minimum absolute atomic E-state index is 0.0819. The highest BCUT2D eigenvalue weighted by atomic mass is 16.6. The fraction of sp³-hybridized carbons (Fsp3) is 0.588. The highest BCUT2D eigenvalue weighted by Gasteiger charge is 2.16. The van der Waals surface area contributed by atoms with E-state index in [1.165, 1.54) is 0 Å². The van der Waals surface area contributed by atoms with E-state index in [0.29, 0.717) is 18.8 Å². The number of hydrogen-bond donors (Lipinski definition) is 2. The first-order valence-corrected chi connectivity index (χ1v) is 7.67. The van der Waals surface area contributed by atoms with E-state index in [9.17, 15) is 4.79 Å². The van der Waals surface area contributed by atoms with Gasteiger partial charge in [-0.25, -0.2) is 4.79 Å². The summed E-state index contributed by atoms with van der Waals surface area (Å²) in [5.41, 5.74) is 0.505. The van der Waals surface area contributed by atoms with Crippen molar-refractivity contribution in [2.24, 2.45) is 0 Å². The number of para-hydroxylation sites is 1. The van der Waals surface area contributed by atoms with Crippen LogP contribution in [0, 0.1) is 0 Å². The van der Waals surface area contributed by atoms with Crippen molar-refractivity contribution in [3.63, 3.8) is 0 Å². The predicted molar refractivity (Wildman–Crippen MR) is 90.1 cm³/mol. The predicted octanol–water partition coefficient (Wildman–Crippen LogP) is 2.71. The lowest BCUT2D eigenvalue weighted by molar-refractivity contribution is 0.0523. The van der Waals surface area contributed by atoms with Crippen LogP contribution in [0.5, 0.6) is 11.5 Å². The molecule has 23 heavy (non-hydrogen) atoms. The number of ether oxygens (including phenoxy) is 3. The maximum atomic E-state index is 11.6. The molecule has 0 aliphatic rings. The van der Waals surface area contributed by atoms with E-state index < -0.39 is 11.7 Å². The Morgan fingerprint density at radius 1 is 1.22 bits per heavy atom. The van der Waals surface area contributed by atoms with Gasteiger partial charge in [-0.3, -0.25) is 0 Å². The number of nitrogens with one attached hydrogen (secondary N) is 2. The molecule has 0 saturated carbocycles. The van der Waals surface area contributed by atoms with E-state index in [-0.39, 0.29) is 6.04 Å². The van der Waals surface area contributed by atoms with Crippen molar-refractivity contribution in [3.8, 4) is 11.5 Å². The van der Waals surface area contributed by atoms with Crippen LogP contribution in [0.1, 0.15) is 33.3 Å². The SMILES string of the molecule is COc1cccc(CNC(C)CNC(=O)OC(C)(C)C)c1OC. The molecule has 0 spiro atoms. The van der Waals surface area contributed by atoms with Gasteiger partial charge in [-0.05, 0) is 33.8 Å². The van der Waals surface area contributed by atoms with E-state index in [1.807, 2.05) is 45.9 Å². The van der Waals surface area contributed by atoms with Crippen molar-refractivity contribution in [2.75, 3.05) is 20.8 Å². The van der Waals surface area contributed by atoms with Crippen LogP contribution >= 0.6 is 0 Å². The van der Waals surface area contributed by atoms with Gasteiger partial charge in [0.25, 0.3) is 0 Å². The van der Waals surface area contributed by atoms with E-state index in [2.05, 4.69) is 10.6 Å². The van der Waals surface area contributed by atoms with Crippen molar-refractivity contribution < 1.29 is 19.0 Å².